The molecule has 1 fully saturated rings. The smallest absolute Gasteiger partial charge is 0.119 e. The summed E-state index contributed by atoms with van der Waals surface area (Å²) in [4.78, 5) is 4.69. The zero-order valence-electron chi connectivity index (χ0n) is 14.6. The molecule has 0 saturated carbocycles. The number of phenols is 1. The third-order valence-corrected chi connectivity index (χ3v) is 4.58. The van der Waals surface area contributed by atoms with Crippen molar-refractivity contribution in [2.75, 3.05) is 44.2 Å². The first-order valence-electron chi connectivity index (χ1n) is 8.74. The maximum absolute atomic E-state index is 10.2. The summed E-state index contributed by atoms with van der Waals surface area (Å²) in [5.41, 5.74) is 2.61. The van der Waals surface area contributed by atoms with Gasteiger partial charge in [0.15, 0.2) is 0 Å². The number of benzene rings is 2. The molecule has 25 heavy (non-hydrogen) atoms. The topological polar surface area (TPSA) is 56.2 Å². The number of phenolic OH excluding ortho intramolecular Hbond substituents is 1. The van der Waals surface area contributed by atoms with Crippen LogP contribution in [0.5, 0.6) is 11.5 Å². The third kappa shape index (κ3) is 4.87. The number of ether oxygens (including phenoxy) is 1. The van der Waals surface area contributed by atoms with Crippen molar-refractivity contribution in [3.63, 3.8) is 0 Å². The van der Waals surface area contributed by atoms with Crippen molar-refractivity contribution >= 4 is 5.69 Å². The Morgan fingerprint density at radius 1 is 1.00 bits per heavy atom. The van der Waals surface area contributed by atoms with Crippen LogP contribution in [0.15, 0.2) is 48.5 Å². The number of hydrogen-bond donors (Lipinski definition) is 2. The summed E-state index contributed by atoms with van der Waals surface area (Å²) < 4.78 is 5.57. The monoisotopic (exact) mass is 342 g/mol. The highest BCUT2D eigenvalue weighted by molar-refractivity contribution is 5.53. The van der Waals surface area contributed by atoms with Crippen LogP contribution < -0.4 is 9.64 Å². The highest BCUT2D eigenvalue weighted by atomic mass is 16.5. The molecule has 2 aromatic carbocycles. The number of anilines is 1. The number of hydrogen-bond acceptors (Lipinski definition) is 5. The van der Waals surface area contributed by atoms with Gasteiger partial charge in [0.25, 0.3) is 0 Å². The minimum Gasteiger partial charge on any atom is -0.508 e. The van der Waals surface area contributed by atoms with Gasteiger partial charge in [-0.2, -0.15) is 0 Å². The summed E-state index contributed by atoms with van der Waals surface area (Å²) in [6.07, 6.45) is -0.529. The summed E-state index contributed by atoms with van der Waals surface area (Å²) in [6, 6.07) is 15.0. The van der Waals surface area contributed by atoms with Crippen LogP contribution in [-0.4, -0.2) is 60.5 Å². The van der Waals surface area contributed by atoms with Crippen LogP contribution in [0.3, 0.4) is 0 Å². The van der Waals surface area contributed by atoms with Crippen molar-refractivity contribution in [3.8, 4) is 11.5 Å². The molecule has 0 bridgehead atoms. The molecule has 5 nitrogen and oxygen atoms in total. The van der Waals surface area contributed by atoms with E-state index in [2.05, 4.69) is 41.0 Å². The summed E-state index contributed by atoms with van der Waals surface area (Å²) in [5.74, 6) is 0.862. The second-order valence-corrected chi connectivity index (χ2v) is 6.53. The number of aromatic hydroxyl groups is 1. The van der Waals surface area contributed by atoms with Crippen LogP contribution in [-0.2, 0) is 0 Å². The van der Waals surface area contributed by atoms with Gasteiger partial charge in [0.05, 0.1) is 0 Å². The fraction of sp³-hybridized carbons (Fsp3) is 0.400. The van der Waals surface area contributed by atoms with E-state index in [1.807, 2.05) is 0 Å². The lowest BCUT2D eigenvalue weighted by Gasteiger charge is -2.37. The van der Waals surface area contributed by atoms with Gasteiger partial charge in [-0.15, -0.1) is 0 Å². The van der Waals surface area contributed by atoms with E-state index < -0.39 is 6.10 Å². The number of piperazine rings is 1. The summed E-state index contributed by atoms with van der Waals surface area (Å²) in [5, 5.41) is 19.5. The molecule has 0 aromatic heterocycles. The first-order chi connectivity index (χ1) is 12.1. The number of β-amino-alcohol motifs (C(OH)–C–C–N with tert-alkyl or cyclic N) is 1. The minimum absolute atomic E-state index is 0.208. The fourth-order valence-electron chi connectivity index (χ4n) is 3.18. The molecule has 0 radical (unpaired) electrons. The molecular weight excluding hydrogens is 316 g/mol. The van der Waals surface area contributed by atoms with Crippen LogP contribution in [0.1, 0.15) is 5.56 Å². The van der Waals surface area contributed by atoms with Gasteiger partial charge in [0, 0.05) is 38.4 Å². The maximum atomic E-state index is 10.2. The Kier molecular flexibility index (Phi) is 5.79. The van der Waals surface area contributed by atoms with E-state index in [0.717, 1.165) is 26.2 Å². The van der Waals surface area contributed by atoms with E-state index >= 15 is 0 Å². The second-order valence-electron chi connectivity index (χ2n) is 6.53. The van der Waals surface area contributed by atoms with Crippen LogP contribution in [0, 0.1) is 6.92 Å². The Morgan fingerprint density at radius 3 is 2.36 bits per heavy atom. The number of para-hydroxylation sites is 1. The molecule has 5 heteroatoms. The average molecular weight is 342 g/mol. The van der Waals surface area contributed by atoms with Crippen molar-refractivity contribution in [2.24, 2.45) is 0 Å². The molecule has 0 spiro atoms. The van der Waals surface area contributed by atoms with Crippen molar-refractivity contribution in [1.82, 2.24) is 4.90 Å². The highest BCUT2D eigenvalue weighted by Gasteiger charge is 2.20. The van der Waals surface area contributed by atoms with Gasteiger partial charge >= 0.3 is 0 Å². The zero-order valence-corrected chi connectivity index (χ0v) is 14.6. The van der Waals surface area contributed by atoms with E-state index in [1.54, 1.807) is 24.3 Å². The fourth-order valence-corrected chi connectivity index (χ4v) is 3.18. The van der Waals surface area contributed by atoms with E-state index in [1.165, 1.54) is 11.3 Å². The van der Waals surface area contributed by atoms with Gasteiger partial charge in [-0.3, -0.25) is 4.90 Å². The SMILES string of the molecule is Cc1ccccc1N1CCN(CC(O)COc2ccc(O)cc2)CC1. The molecule has 2 aromatic rings. The predicted molar refractivity (Wildman–Crippen MR) is 99.4 cm³/mol. The molecule has 3 rings (SSSR count). The van der Waals surface area contributed by atoms with E-state index in [-0.39, 0.29) is 12.4 Å². The number of aryl methyl sites for hydroxylation is 1. The molecule has 1 unspecified atom stereocenters. The Labute approximate surface area is 149 Å². The van der Waals surface area contributed by atoms with Gasteiger partial charge in [-0.25, -0.2) is 0 Å². The number of nitrogens with zero attached hydrogens (tertiary/aromatic N) is 2. The van der Waals surface area contributed by atoms with Crippen molar-refractivity contribution in [3.05, 3.63) is 54.1 Å². The molecule has 1 atom stereocenters. The van der Waals surface area contributed by atoms with Gasteiger partial charge in [-0.05, 0) is 42.8 Å². The number of aliphatic hydroxyl groups is 1. The summed E-state index contributed by atoms with van der Waals surface area (Å²) in [6.45, 7) is 6.82. The van der Waals surface area contributed by atoms with Crippen molar-refractivity contribution in [2.45, 2.75) is 13.0 Å². The molecule has 0 amide bonds. The lowest BCUT2D eigenvalue weighted by atomic mass is 10.1. The summed E-state index contributed by atoms with van der Waals surface area (Å²) >= 11 is 0. The molecule has 134 valence electrons. The predicted octanol–water partition coefficient (Wildman–Crippen LogP) is 2.26. The Hall–Kier alpha value is -2.24. The number of rotatable bonds is 6. The van der Waals surface area contributed by atoms with Crippen LogP contribution in [0.4, 0.5) is 5.69 Å². The quantitative estimate of drug-likeness (QED) is 0.843. The van der Waals surface area contributed by atoms with E-state index in [0.29, 0.717) is 12.3 Å². The van der Waals surface area contributed by atoms with Crippen molar-refractivity contribution < 1.29 is 14.9 Å². The lowest BCUT2D eigenvalue weighted by molar-refractivity contribution is 0.0663. The standard InChI is InChI=1S/C20H26N2O3/c1-16-4-2-3-5-20(16)22-12-10-21(11-13-22)14-18(24)15-25-19-8-6-17(23)7-9-19/h2-9,18,23-24H,10-15H2,1H3. The average Bonchev–Trinajstić information content (AvgIpc) is 2.62. The van der Waals surface area contributed by atoms with Gasteiger partial charge in [-0.1, -0.05) is 18.2 Å². The molecule has 1 aliphatic heterocycles. The Balaban J connectivity index is 1.42. The minimum atomic E-state index is -0.529. The third-order valence-electron chi connectivity index (χ3n) is 4.58. The van der Waals surface area contributed by atoms with Crippen molar-refractivity contribution in [1.29, 1.82) is 0 Å². The van der Waals surface area contributed by atoms with E-state index in [9.17, 15) is 10.2 Å². The Bertz CT molecular complexity index is 667. The first kappa shape index (κ1) is 17.6. The molecule has 0 aliphatic carbocycles. The number of aliphatic hydroxyl groups excluding tert-OH is 1. The molecule has 1 aliphatic rings. The van der Waals surface area contributed by atoms with Crippen LogP contribution in [0.25, 0.3) is 0 Å². The lowest BCUT2D eigenvalue weighted by Crippen LogP contribution is -2.49. The van der Waals surface area contributed by atoms with Gasteiger partial charge in [0.1, 0.15) is 24.2 Å². The first-order valence-corrected chi connectivity index (χ1v) is 8.74. The van der Waals surface area contributed by atoms with E-state index in [4.69, 9.17) is 4.74 Å². The van der Waals surface area contributed by atoms with Gasteiger partial charge < -0.3 is 19.8 Å². The van der Waals surface area contributed by atoms with Gasteiger partial charge in [0.2, 0.25) is 0 Å². The molecule has 1 heterocycles. The van der Waals surface area contributed by atoms with Crippen LogP contribution >= 0.6 is 0 Å². The highest BCUT2D eigenvalue weighted by Crippen LogP contribution is 2.21. The zero-order chi connectivity index (χ0) is 17.6. The molecule has 1 saturated heterocycles. The second kappa shape index (κ2) is 8.23. The maximum Gasteiger partial charge on any atom is 0.119 e. The Morgan fingerprint density at radius 2 is 1.68 bits per heavy atom. The molecular formula is C20H26N2O3. The largest absolute Gasteiger partial charge is 0.508 e. The van der Waals surface area contributed by atoms with Crippen LogP contribution in [0.2, 0.25) is 0 Å². The molecule has 2 N–H and O–H groups in total. The normalized spacial score (nSPS) is 16.6. The summed E-state index contributed by atoms with van der Waals surface area (Å²) in [7, 11) is 0.